The molecule has 1 saturated heterocycles. The van der Waals surface area contributed by atoms with Crippen molar-refractivity contribution in [2.45, 2.75) is 32.7 Å². The van der Waals surface area contributed by atoms with E-state index < -0.39 is 0 Å². The van der Waals surface area contributed by atoms with Gasteiger partial charge in [0.1, 0.15) is 5.82 Å². The van der Waals surface area contributed by atoms with E-state index in [0.717, 1.165) is 32.0 Å². The van der Waals surface area contributed by atoms with Gasteiger partial charge < -0.3 is 5.73 Å². The smallest absolute Gasteiger partial charge is 0.130 e. The predicted octanol–water partition coefficient (Wildman–Crippen LogP) is 2.22. The molecule has 1 atom stereocenters. The Hall–Kier alpha value is -0.420. The molecule has 1 unspecified atom stereocenters. The highest BCUT2D eigenvalue weighted by molar-refractivity contribution is 5.85. The number of hydrogen-bond acceptors (Lipinski definition) is 4. The minimum Gasteiger partial charge on any atom is -0.330 e. The van der Waals surface area contributed by atoms with E-state index in [4.69, 9.17) is 5.73 Å². The van der Waals surface area contributed by atoms with Gasteiger partial charge in [0, 0.05) is 37.0 Å². The summed E-state index contributed by atoms with van der Waals surface area (Å²) in [6.07, 6.45) is 5.14. The van der Waals surface area contributed by atoms with E-state index in [-0.39, 0.29) is 24.8 Å². The zero-order chi connectivity index (χ0) is 12.3. The third-order valence-corrected chi connectivity index (χ3v) is 3.35. The summed E-state index contributed by atoms with van der Waals surface area (Å²) in [5, 5.41) is 0. The molecule has 0 amide bonds. The predicted molar refractivity (Wildman–Crippen MR) is 83.1 cm³/mol. The summed E-state index contributed by atoms with van der Waals surface area (Å²) in [6, 6.07) is 0. The Labute approximate surface area is 128 Å². The lowest BCUT2D eigenvalue weighted by Crippen LogP contribution is -2.23. The van der Waals surface area contributed by atoms with Gasteiger partial charge in [-0.3, -0.25) is 4.90 Å². The van der Waals surface area contributed by atoms with Crippen LogP contribution >= 0.6 is 24.8 Å². The molecular weight excluding hydrogens is 283 g/mol. The second kappa shape index (κ2) is 8.69. The van der Waals surface area contributed by atoms with Crippen LogP contribution in [0.3, 0.4) is 0 Å². The summed E-state index contributed by atoms with van der Waals surface area (Å²) in [6.45, 7) is 8.24. The number of rotatable bonds is 4. The number of hydrogen-bond donors (Lipinski definition) is 1. The molecule has 0 saturated carbocycles. The fraction of sp³-hybridized carbons (Fsp3) is 0.692. The van der Waals surface area contributed by atoms with Gasteiger partial charge in [-0.1, -0.05) is 13.8 Å². The number of aromatic nitrogens is 2. The maximum absolute atomic E-state index is 5.69. The monoisotopic (exact) mass is 306 g/mol. The van der Waals surface area contributed by atoms with Crippen LogP contribution in [0.4, 0.5) is 0 Å². The van der Waals surface area contributed by atoms with E-state index in [1.165, 1.54) is 12.0 Å². The van der Waals surface area contributed by atoms with Crippen LogP contribution in [-0.2, 0) is 6.54 Å². The Morgan fingerprint density at radius 3 is 2.42 bits per heavy atom. The highest BCUT2D eigenvalue weighted by atomic mass is 35.5. The molecule has 4 nitrogen and oxygen atoms in total. The van der Waals surface area contributed by atoms with Crippen LogP contribution in [0.25, 0.3) is 0 Å². The quantitative estimate of drug-likeness (QED) is 0.927. The van der Waals surface area contributed by atoms with Crippen molar-refractivity contribution in [2.75, 3.05) is 19.6 Å². The van der Waals surface area contributed by atoms with Gasteiger partial charge in [0.15, 0.2) is 0 Å². The molecule has 2 N–H and O–H groups in total. The number of likely N-dealkylation sites (tertiary alicyclic amines) is 1. The van der Waals surface area contributed by atoms with Crippen molar-refractivity contribution in [3.8, 4) is 0 Å². The molecule has 0 bridgehead atoms. The van der Waals surface area contributed by atoms with Gasteiger partial charge in [0.05, 0.1) is 0 Å². The Morgan fingerprint density at radius 1 is 1.32 bits per heavy atom. The molecular formula is C13H24Cl2N4. The highest BCUT2D eigenvalue weighted by Gasteiger charge is 2.21. The lowest BCUT2D eigenvalue weighted by molar-refractivity contribution is 0.317. The van der Waals surface area contributed by atoms with Crippen molar-refractivity contribution in [1.82, 2.24) is 14.9 Å². The van der Waals surface area contributed by atoms with Crippen LogP contribution < -0.4 is 5.73 Å². The maximum Gasteiger partial charge on any atom is 0.130 e. The van der Waals surface area contributed by atoms with Gasteiger partial charge in [-0.25, -0.2) is 9.97 Å². The summed E-state index contributed by atoms with van der Waals surface area (Å²) < 4.78 is 0. The van der Waals surface area contributed by atoms with Gasteiger partial charge >= 0.3 is 0 Å². The molecule has 6 heteroatoms. The molecule has 1 aliphatic rings. The largest absolute Gasteiger partial charge is 0.330 e. The van der Waals surface area contributed by atoms with Gasteiger partial charge in [0.25, 0.3) is 0 Å². The molecule has 2 rings (SSSR count). The van der Waals surface area contributed by atoms with Crippen molar-refractivity contribution in [3.63, 3.8) is 0 Å². The van der Waals surface area contributed by atoms with Crippen molar-refractivity contribution in [3.05, 3.63) is 23.8 Å². The maximum atomic E-state index is 5.69. The number of halogens is 2. The summed E-state index contributed by atoms with van der Waals surface area (Å²) >= 11 is 0. The zero-order valence-electron chi connectivity index (χ0n) is 11.6. The molecule has 1 aromatic heterocycles. The lowest BCUT2D eigenvalue weighted by Gasteiger charge is -2.15. The van der Waals surface area contributed by atoms with Crippen molar-refractivity contribution in [2.24, 2.45) is 11.7 Å². The second-order valence-corrected chi connectivity index (χ2v) is 5.23. The summed E-state index contributed by atoms with van der Waals surface area (Å²) in [7, 11) is 0. The first-order valence-electron chi connectivity index (χ1n) is 6.42. The van der Waals surface area contributed by atoms with Gasteiger partial charge in [-0.15, -0.1) is 24.8 Å². The van der Waals surface area contributed by atoms with Crippen LogP contribution in [0, 0.1) is 5.92 Å². The van der Waals surface area contributed by atoms with E-state index in [1.54, 1.807) is 0 Å². The average molecular weight is 307 g/mol. The SMILES string of the molecule is CC(C)c1ncc(CN2CCC(CN)C2)cn1.Cl.Cl. The van der Waals surface area contributed by atoms with Crippen molar-refractivity contribution >= 4 is 24.8 Å². The third kappa shape index (κ3) is 5.22. The van der Waals surface area contributed by atoms with E-state index in [9.17, 15) is 0 Å². The van der Waals surface area contributed by atoms with Crippen LogP contribution in [-0.4, -0.2) is 34.5 Å². The van der Waals surface area contributed by atoms with Crippen LogP contribution in [0.15, 0.2) is 12.4 Å². The first-order chi connectivity index (χ1) is 8.19. The molecule has 0 radical (unpaired) electrons. The standard InChI is InChI=1S/C13H22N4.2ClH/c1-10(2)13-15-6-12(7-16-13)9-17-4-3-11(5-14)8-17;;/h6-7,10-11H,3-5,8-9,14H2,1-2H3;2*1H. The van der Waals surface area contributed by atoms with Crippen molar-refractivity contribution in [1.29, 1.82) is 0 Å². The highest BCUT2D eigenvalue weighted by Crippen LogP contribution is 2.17. The van der Waals surface area contributed by atoms with Gasteiger partial charge in [0.2, 0.25) is 0 Å². The number of nitrogens with two attached hydrogens (primary N) is 1. The van der Waals surface area contributed by atoms with Crippen LogP contribution in [0.1, 0.15) is 37.6 Å². The Balaban J connectivity index is 0.00000162. The summed E-state index contributed by atoms with van der Waals surface area (Å²) in [5.74, 6) is 2.00. The normalized spacial score (nSPS) is 19.1. The fourth-order valence-corrected chi connectivity index (χ4v) is 2.25. The fourth-order valence-electron chi connectivity index (χ4n) is 2.25. The minimum absolute atomic E-state index is 0. The third-order valence-electron chi connectivity index (χ3n) is 3.35. The molecule has 1 fully saturated rings. The molecule has 1 aromatic rings. The van der Waals surface area contributed by atoms with E-state index in [1.807, 2.05) is 12.4 Å². The average Bonchev–Trinajstić information content (AvgIpc) is 2.77. The Bertz CT molecular complexity index is 356. The first-order valence-corrected chi connectivity index (χ1v) is 6.42. The molecule has 110 valence electrons. The molecule has 19 heavy (non-hydrogen) atoms. The minimum atomic E-state index is 0. The van der Waals surface area contributed by atoms with Gasteiger partial charge in [-0.2, -0.15) is 0 Å². The topological polar surface area (TPSA) is 55.0 Å². The molecule has 1 aliphatic heterocycles. The van der Waals surface area contributed by atoms with Crippen LogP contribution in [0.2, 0.25) is 0 Å². The lowest BCUT2D eigenvalue weighted by atomic mass is 10.1. The van der Waals surface area contributed by atoms with E-state index in [0.29, 0.717) is 11.8 Å². The van der Waals surface area contributed by atoms with Crippen LogP contribution in [0.5, 0.6) is 0 Å². The second-order valence-electron chi connectivity index (χ2n) is 5.23. The summed E-state index contributed by atoms with van der Waals surface area (Å²) in [4.78, 5) is 11.2. The van der Waals surface area contributed by atoms with Gasteiger partial charge in [-0.05, 0) is 25.4 Å². The Kier molecular flexibility index (Phi) is 8.50. The molecule has 2 heterocycles. The zero-order valence-corrected chi connectivity index (χ0v) is 13.2. The molecule has 0 spiro atoms. The van der Waals surface area contributed by atoms with Crippen molar-refractivity contribution < 1.29 is 0 Å². The van der Waals surface area contributed by atoms with E-state index >= 15 is 0 Å². The Morgan fingerprint density at radius 2 is 1.95 bits per heavy atom. The number of nitrogens with zero attached hydrogens (tertiary/aromatic N) is 3. The van der Waals surface area contributed by atoms with E-state index in [2.05, 4.69) is 28.7 Å². The molecule has 0 aromatic carbocycles. The molecule has 0 aliphatic carbocycles. The first kappa shape index (κ1) is 18.6. The summed E-state index contributed by atoms with van der Waals surface area (Å²) in [5.41, 5.74) is 6.89.